The van der Waals surface area contributed by atoms with Crippen LogP contribution in [0, 0.1) is 16.0 Å². The maximum atomic E-state index is 12.1. The number of hydrogen-bond donors (Lipinski definition) is 2. The van der Waals surface area contributed by atoms with Crippen molar-refractivity contribution in [1.82, 2.24) is 4.72 Å². The van der Waals surface area contributed by atoms with Crippen molar-refractivity contribution >= 4 is 21.4 Å². The van der Waals surface area contributed by atoms with Crippen LogP contribution in [0.2, 0.25) is 0 Å². The monoisotopic (exact) mass is 287 g/mol. The zero-order valence-electron chi connectivity index (χ0n) is 11.0. The smallest absolute Gasteiger partial charge is 0.289 e. The lowest BCUT2D eigenvalue weighted by atomic mass is 10.2. The van der Waals surface area contributed by atoms with Crippen LogP contribution in [-0.2, 0) is 10.0 Å². The van der Waals surface area contributed by atoms with Crippen molar-refractivity contribution in [3.63, 3.8) is 0 Å². The highest BCUT2D eigenvalue weighted by atomic mass is 32.2. The first-order valence-electron chi connectivity index (χ1n) is 5.73. The van der Waals surface area contributed by atoms with E-state index in [1.54, 1.807) is 7.05 Å². The highest BCUT2D eigenvalue weighted by Gasteiger charge is 2.26. The highest BCUT2D eigenvalue weighted by Crippen LogP contribution is 2.26. The summed E-state index contributed by atoms with van der Waals surface area (Å²) in [6.07, 6.45) is 0. The molecule has 0 aliphatic carbocycles. The van der Waals surface area contributed by atoms with E-state index in [1.807, 2.05) is 13.8 Å². The molecule has 0 spiro atoms. The maximum Gasteiger partial charge on any atom is 0.289 e. The minimum atomic E-state index is -3.90. The van der Waals surface area contributed by atoms with Crippen molar-refractivity contribution in [2.45, 2.75) is 18.7 Å². The average Bonchev–Trinajstić information content (AvgIpc) is 2.35. The maximum absolute atomic E-state index is 12.1. The predicted octanol–water partition coefficient (Wildman–Crippen LogP) is 1.57. The molecular weight excluding hydrogens is 270 g/mol. The first-order chi connectivity index (χ1) is 8.77. The van der Waals surface area contributed by atoms with Gasteiger partial charge in [0.2, 0.25) is 10.0 Å². The van der Waals surface area contributed by atoms with Crippen molar-refractivity contribution in [1.29, 1.82) is 0 Å². The van der Waals surface area contributed by atoms with E-state index in [-0.39, 0.29) is 17.4 Å². The molecule has 0 aromatic heterocycles. The minimum Gasteiger partial charge on any atom is -0.388 e. The van der Waals surface area contributed by atoms with E-state index in [2.05, 4.69) is 10.0 Å². The van der Waals surface area contributed by atoms with Gasteiger partial charge in [0.1, 0.15) is 0 Å². The fraction of sp³-hybridized carbons (Fsp3) is 0.455. The number of sulfonamides is 1. The van der Waals surface area contributed by atoms with Crippen LogP contribution in [0.1, 0.15) is 13.8 Å². The Labute approximate surface area is 112 Å². The first-order valence-corrected chi connectivity index (χ1v) is 7.22. The SMILES string of the molecule is CNc1ccc([N+](=O)[O-])c(S(=O)(=O)NCC(C)C)c1. The Bertz CT molecular complexity index is 569. The van der Waals surface area contributed by atoms with E-state index in [0.717, 1.165) is 0 Å². The number of hydrogen-bond acceptors (Lipinski definition) is 5. The molecule has 0 saturated heterocycles. The van der Waals surface area contributed by atoms with Crippen LogP contribution in [0.3, 0.4) is 0 Å². The summed E-state index contributed by atoms with van der Waals surface area (Å²) in [5.41, 5.74) is 0.0609. The highest BCUT2D eigenvalue weighted by molar-refractivity contribution is 7.89. The summed E-state index contributed by atoms with van der Waals surface area (Å²) in [4.78, 5) is 9.87. The quantitative estimate of drug-likeness (QED) is 0.611. The van der Waals surface area contributed by atoms with Crippen molar-refractivity contribution in [2.75, 3.05) is 18.9 Å². The molecule has 0 amide bonds. The number of anilines is 1. The van der Waals surface area contributed by atoms with Gasteiger partial charge in [0.15, 0.2) is 4.90 Å². The Morgan fingerprint density at radius 1 is 1.37 bits per heavy atom. The number of nitro benzene ring substituents is 1. The number of benzene rings is 1. The van der Waals surface area contributed by atoms with E-state index >= 15 is 0 Å². The zero-order valence-corrected chi connectivity index (χ0v) is 11.8. The summed E-state index contributed by atoms with van der Waals surface area (Å²) >= 11 is 0. The third kappa shape index (κ3) is 3.90. The van der Waals surface area contributed by atoms with Crippen LogP contribution < -0.4 is 10.0 Å². The van der Waals surface area contributed by atoms with Gasteiger partial charge >= 0.3 is 0 Å². The predicted molar refractivity (Wildman–Crippen MR) is 72.7 cm³/mol. The van der Waals surface area contributed by atoms with Crippen LogP contribution in [0.4, 0.5) is 11.4 Å². The van der Waals surface area contributed by atoms with Gasteiger partial charge in [-0.1, -0.05) is 13.8 Å². The lowest BCUT2D eigenvalue weighted by Crippen LogP contribution is -2.28. The molecule has 0 unspecified atom stereocenters. The summed E-state index contributed by atoms with van der Waals surface area (Å²) < 4.78 is 26.5. The fourth-order valence-corrected chi connectivity index (χ4v) is 2.80. The molecule has 0 saturated carbocycles. The molecule has 0 bridgehead atoms. The van der Waals surface area contributed by atoms with Gasteiger partial charge in [-0.3, -0.25) is 10.1 Å². The minimum absolute atomic E-state index is 0.112. The third-order valence-corrected chi connectivity index (χ3v) is 3.87. The molecule has 7 nitrogen and oxygen atoms in total. The number of rotatable bonds is 6. The molecule has 8 heteroatoms. The molecule has 1 aromatic carbocycles. The van der Waals surface area contributed by atoms with Crippen molar-refractivity contribution in [2.24, 2.45) is 5.92 Å². The Morgan fingerprint density at radius 3 is 2.47 bits per heavy atom. The molecule has 0 heterocycles. The molecule has 19 heavy (non-hydrogen) atoms. The fourth-order valence-electron chi connectivity index (χ4n) is 1.39. The second-order valence-corrected chi connectivity index (χ2v) is 6.17. The van der Waals surface area contributed by atoms with Gasteiger partial charge in [-0.05, 0) is 18.1 Å². The topological polar surface area (TPSA) is 101 Å². The molecular formula is C11H17N3O4S. The Kier molecular flexibility index (Phi) is 4.84. The molecule has 1 rings (SSSR count). The zero-order chi connectivity index (χ0) is 14.6. The van der Waals surface area contributed by atoms with Gasteiger partial charge < -0.3 is 5.32 Å². The van der Waals surface area contributed by atoms with Gasteiger partial charge in [-0.25, -0.2) is 13.1 Å². The van der Waals surface area contributed by atoms with Crippen LogP contribution in [-0.4, -0.2) is 26.9 Å². The Hall–Kier alpha value is -1.67. The van der Waals surface area contributed by atoms with Crippen molar-refractivity contribution < 1.29 is 13.3 Å². The summed E-state index contributed by atoms with van der Waals surface area (Å²) in [6.45, 7) is 3.92. The van der Waals surface area contributed by atoms with Crippen LogP contribution in [0.5, 0.6) is 0 Å². The number of nitrogens with zero attached hydrogens (tertiary/aromatic N) is 1. The lowest BCUT2D eigenvalue weighted by molar-refractivity contribution is -0.387. The number of nitrogens with one attached hydrogen (secondary N) is 2. The summed E-state index contributed by atoms with van der Waals surface area (Å²) in [7, 11) is -2.29. The van der Waals surface area contributed by atoms with Crippen molar-refractivity contribution in [3.05, 3.63) is 28.3 Å². The van der Waals surface area contributed by atoms with Crippen molar-refractivity contribution in [3.8, 4) is 0 Å². The van der Waals surface area contributed by atoms with Gasteiger partial charge in [-0.15, -0.1) is 0 Å². The third-order valence-electron chi connectivity index (χ3n) is 2.42. The molecule has 106 valence electrons. The molecule has 1 aromatic rings. The Balaban J connectivity index is 3.26. The second kappa shape index (κ2) is 5.98. The van der Waals surface area contributed by atoms with E-state index in [4.69, 9.17) is 0 Å². The van der Waals surface area contributed by atoms with E-state index in [1.165, 1.54) is 18.2 Å². The lowest BCUT2D eigenvalue weighted by Gasteiger charge is -2.10. The second-order valence-electron chi connectivity index (χ2n) is 4.44. The van der Waals surface area contributed by atoms with E-state index in [0.29, 0.717) is 5.69 Å². The molecule has 0 atom stereocenters. The Morgan fingerprint density at radius 2 is 2.00 bits per heavy atom. The van der Waals surface area contributed by atoms with Crippen LogP contribution in [0.15, 0.2) is 23.1 Å². The molecule has 0 fully saturated rings. The number of nitro groups is 1. The largest absolute Gasteiger partial charge is 0.388 e. The summed E-state index contributed by atoms with van der Waals surface area (Å²) in [5.74, 6) is 0.112. The average molecular weight is 287 g/mol. The standard InChI is InChI=1S/C11H17N3O4S/c1-8(2)7-13-19(17,18)11-6-9(12-3)4-5-10(11)14(15)16/h4-6,8,12-13H,7H2,1-3H3. The van der Waals surface area contributed by atoms with Gasteiger partial charge in [0.25, 0.3) is 5.69 Å². The molecule has 0 aliphatic rings. The molecule has 0 radical (unpaired) electrons. The first kappa shape index (κ1) is 15.4. The van der Waals surface area contributed by atoms with Crippen LogP contribution >= 0.6 is 0 Å². The molecule has 2 N–H and O–H groups in total. The summed E-state index contributed by atoms with van der Waals surface area (Å²) in [5, 5.41) is 13.7. The molecule has 0 aliphatic heterocycles. The summed E-state index contributed by atoms with van der Waals surface area (Å²) in [6, 6.07) is 3.89. The normalized spacial score (nSPS) is 11.6. The van der Waals surface area contributed by atoms with Gasteiger partial charge in [0, 0.05) is 25.3 Å². The van der Waals surface area contributed by atoms with Gasteiger partial charge in [-0.2, -0.15) is 0 Å². The van der Waals surface area contributed by atoms with Gasteiger partial charge in [0.05, 0.1) is 4.92 Å². The van der Waals surface area contributed by atoms with Crippen LogP contribution in [0.25, 0.3) is 0 Å². The van der Waals surface area contributed by atoms with E-state index in [9.17, 15) is 18.5 Å². The van der Waals surface area contributed by atoms with E-state index < -0.39 is 20.6 Å².